The van der Waals surface area contributed by atoms with Gasteiger partial charge in [0.1, 0.15) is 5.41 Å². The molecule has 3 atom stereocenters. The summed E-state index contributed by atoms with van der Waals surface area (Å²) in [5.74, 6) is -1.79. The van der Waals surface area contributed by atoms with Gasteiger partial charge in [0.25, 0.3) is 0 Å². The van der Waals surface area contributed by atoms with Crippen molar-refractivity contribution in [2.45, 2.75) is 23.0 Å². The molecule has 0 aliphatic heterocycles. The van der Waals surface area contributed by atoms with Crippen LogP contribution in [0.15, 0.2) is 59.5 Å². The highest BCUT2D eigenvalue weighted by atomic mass is 32.2. The molecule has 0 spiro atoms. The van der Waals surface area contributed by atoms with E-state index in [1.807, 2.05) is 13.0 Å². The number of sulfone groups is 1. The number of carbonyl (C=O) groups is 1. The summed E-state index contributed by atoms with van der Waals surface area (Å²) in [6.07, 6.45) is 0. The van der Waals surface area contributed by atoms with Gasteiger partial charge in [0.2, 0.25) is 0 Å². The maximum absolute atomic E-state index is 13.2. The molecule has 3 rings (SSSR count). The van der Waals surface area contributed by atoms with Gasteiger partial charge in [-0.25, -0.2) is 8.42 Å². The highest BCUT2D eigenvalue weighted by molar-refractivity contribution is 7.92. The summed E-state index contributed by atoms with van der Waals surface area (Å²) in [7, 11) is -2.43. The average Bonchev–Trinajstić information content (AvgIpc) is 3.27. The summed E-state index contributed by atoms with van der Waals surface area (Å²) in [6.45, 7) is 1.71. The predicted octanol–water partition coefficient (Wildman–Crippen LogP) is 2.65. The van der Waals surface area contributed by atoms with Crippen molar-refractivity contribution in [3.05, 3.63) is 65.7 Å². The molecule has 2 aromatic rings. The second kappa shape index (κ2) is 6.28. The standard InChI is InChI=1S/C19H20O5S/c1-13-8-10-15(11-9-13)25(22,23)17-16(14-6-4-3-5-7-14)19(17,12-24-2)18(20)21/h3-11,16-17H,12H2,1-2H3,(H,20,21). The van der Waals surface area contributed by atoms with E-state index in [1.54, 1.807) is 36.4 Å². The average molecular weight is 360 g/mol. The van der Waals surface area contributed by atoms with Crippen LogP contribution in [0.3, 0.4) is 0 Å². The molecule has 1 aliphatic carbocycles. The molecule has 0 heterocycles. The van der Waals surface area contributed by atoms with Crippen LogP contribution in [0.2, 0.25) is 0 Å². The van der Waals surface area contributed by atoms with Crippen molar-refractivity contribution in [3.8, 4) is 0 Å². The third-order valence-corrected chi connectivity index (χ3v) is 7.17. The van der Waals surface area contributed by atoms with Crippen molar-refractivity contribution in [2.24, 2.45) is 5.41 Å². The number of carboxylic acids is 1. The van der Waals surface area contributed by atoms with Crippen LogP contribution in [0, 0.1) is 12.3 Å². The molecule has 0 bridgehead atoms. The number of aliphatic carboxylic acids is 1. The fourth-order valence-electron chi connectivity index (χ4n) is 3.60. The Morgan fingerprint density at radius 2 is 1.72 bits per heavy atom. The van der Waals surface area contributed by atoms with Crippen molar-refractivity contribution >= 4 is 15.8 Å². The molecular formula is C19H20O5S. The zero-order valence-corrected chi connectivity index (χ0v) is 14.9. The lowest BCUT2D eigenvalue weighted by Gasteiger charge is -2.12. The minimum Gasteiger partial charge on any atom is -0.481 e. The lowest BCUT2D eigenvalue weighted by Crippen LogP contribution is -2.28. The van der Waals surface area contributed by atoms with Crippen LogP contribution >= 0.6 is 0 Å². The van der Waals surface area contributed by atoms with Gasteiger partial charge in [0.05, 0.1) is 16.8 Å². The Morgan fingerprint density at radius 1 is 1.12 bits per heavy atom. The van der Waals surface area contributed by atoms with Gasteiger partial charge in [-0.1, -0.05) is 48.0 Å². The highest BCUT2D eigenvalue weighted by Crippen LogP contribution is 2.64. The lowest BCUT2D eigenvalue weighted by molar-refractivity contribution is -0.145. The summed E-state index contributed by atoms with van der Waals surface area (Å²) in [5, 5.41) is 8.79. The summed E-state index contributed by atoms with van der Waals surface area (Å²) >= 11 is 0. The number of hydrogen-bond donors (Lipinski definition) is 1. The van der Waals surface area contributed by atoms with Crippen LogP contribution in [0.4, 0.5) is 0 Å². The van der Waals surface area contributed by atoms with E-state index in [9.17, 15) is 18.3 Å². The Kier molecular flexibility index (Phi) is 4.43. The van der Waals surface area contributed by atoms with Crippen LogP contribution < -0.4 is 0 Å². The topological polar surface area (TPSA) is 80.7 Å². The first-order valence-electron chi connectivity index (χ1n) is 7.93. The van der Waals surface area contributed by atoms with E-state index in [1.165, 1.54) is 19.2 Å². The van der Waals surface area contributed by atoms with E-state index in [0.717, 1.165) is 5.56 Å². The maximum Gasteiger partial charge on any atom is 0.314 e. The molecule has 5 nitrogen and oxygen atoms in total. The van der Waals surface area contributed by atoms with Gasteiger partial charge in [-0.3, -0.25) is 4.79 Å². The number of ether oxygens (including phenoxy) is 1. The molecule has 0 radical (unpaired) electrons. The first-order chi connectivity index (χ1) is 11.9. The quantitative estimate of drug-likeness (QED) is 0.856. The molecule has 132 valence electrons. The Balaban J connectivity index is 2.11. The molecule has 25 heavy (non-hydrogen) atoms. The van der Waals surface area contributed by atoms with Crippen molar-refractivity contribution in [1.82, 2.24) is 0 Å². The molecular weight excluding hydrogens is 340 g/mol. The Bertz CT molecular complexity index is 874. The van der Waals surface area contributed by atoms with Crippen molar-refractivity contribution in [2.75, 3.05) is 13.7 Å². The number of carboxylic acid groups (broad SMARTS) is 1. The molecule has 3 unspecified atom stereocenters. The van der Waals surface area contributed by atoms with Crippen LogP contribution in [-0.2, 0) is 19.4 Å². The molecule has 2 aromatic carbocycles. The first kappa shape index (κ1) is 17.6. The highest BCUT2D eigenvalue weighted by Gasteiger charge is 2.76. The normalized spacial score (nSPS) is 25.5. The molecule has 1 fully saturated rings. The number of rotatable bonds is 6. The fraction of sp³-hybridized carbons (Fsp3) is 0.316. The second-order valence-corrected chi connectivity index (χ2v) is 8.51. The third-order valence-electron chi connectivity index (χ3n) is 4.88. The zero-order valence-electron chi connectivity index (χ0n) is 14.0. The molecule has 0 amide bonds. The minimum atomic E-state index is -3.82. The molecule has 0 saturated heterocycles. The zero-order chi connectivity index (χ0) is 18.2. The summed E-state index contributed by atoms with van der Waals surface area (Å²) in [4.78, 5) is 12.2. The molecule has 1 N–H and O–H groups in total. The van der Waals surface area contributed by atoms with Gasteiger partial charge < -0.3 is 9.84 Å². The van der Waals surface area contributed by atoms with E-state index in [-0.39, 0.29) is 11.5 Å². The Morgan fingerprint density at radius 3 is 2.24 bits per heavy atom. The van der Waals surface area contributed by atoms with Crippen molar-refractivity contribution in [3.63, 3.8) is 0 Å². The largest absolute Gasteiger partial charge is 0.481 e. The second-order valence-electron chi connectivity index (χ2n) is 6.45. The minimum absolute atomic E-state index is 0.142. The lowest BCUT2D eigenvalue weighted by atomic mass is 10.0. The molecule has 6 heteroatoms. The SMILES string of the molecule is COCC1(C(=O)O)C(c2ccccc2)C1S(=O)(=O)c1ccc(C)cc1. The van der Waals surface area contributed by atoms with Crippen molar-refractivity contribution < 1.29 is 23.1 Å². The van der Waals surface area contributed by atoms with Crippen molar-refractivity contribution in [1.29, 1.82) is 0 Å². The molecule has 1 saturated carbocycles. The monoisotopic (exact) mass is 360 g/mol. The van der Waals surface area contributed by atoms with E-state index in [4.69, 9.17) is 4.74 Å². The van der Waals surface area contributed by atoms with Gasteiger partial charge in [-0.05, 0) is 24.6 Å². The molecule has 0 aromatic heterocycles. The van der Waals surface area contributed by atoms with Gasteiger partial charge in [0.15, 0.2) is 9.84 Å². The van der Waals surface area contributed by atoms with Gasteiger partial charge in [0, 0.05) is 13.0 Å². The van der Waals surface area contributed by atoms with Crippen LogP contribution in [0.1, 0.15) is 17.0 Å². The van der Waals surface area contributed by atoms with E-state index in [0.29, 0.717) is 5.56 Å². The predicted molar refractivity (Wildman–Crippen MR) is 93.3 cm³/mol. The van der Waals surface area contributed by atoms with Gasteiger partial charge in [-0.2, -0.15) is 0 Å². The Labute approximate surface area is 147 Å². The first-order valence-corrected chi connectivity index (χ1v) is 9.48. The van der Waals surface area contributed by atoms with E-state index < -0.39 is 32.4 Å². The van der Waals surface area contributed by atoms with Gasteiger partial charge in [-0.15, -0.1) is 0 Å². The van der Waals surface area contributed by atoms with Crippen LogP contribution in [-0.4, -0.2) is 38.5 Å². The maximum atomic E-state index is 13.2. The summed E-state index contributed by atoms with van der Waals surface area (Å²) in [6, 6.07) is 15.4. The third kappa shape index (κ3) is 2.75. The fourth-order valence-corrected chi connectivity index (χ4v) is 5.95. The summed E-state index contributed by atoms with van der Waals surface area (Å²) < 4.78 is 31.4. The molecule has 1 aliphatic rings. The van der Waals surface area contributed by atoms with E-state index >= 15 is 0 Å². The van der Waals surface area contributed by atoms with Crippen LogP contribution in [0.25, 0.3) is 0 Å². The van der Waals surface area contributed by atoms with Gasteiger partial charge >= 0.3 is 5.97 Å². The number of methoxy groups -OCH3 is 1. The number of benzene rings is 2. The number of aryl methyl sites for hydroxylation is 1. The smallest absolute Gasteiger partial charge is 0.314 e. The number of hydrogen-bond acceptors (Lipinski definition) is 4. The van der Waals surface area contributed by atoms with E-state index in [2.05, 4.69) is 0 Å². The Hall–Kier alpha value is -2.18. The summed E-state index contributed by atoms with van der Waals surface area (Å²) in [5.41, 5.74) is 0.165. The van der Waals surface area contributed by atoms with Crippen LogP contribution in [0.5, 0.6) is 0 Å².